The van der Waals surface area contributed by atoms with Crippen molar-refractivity contribution in [3.05, 3.63) is 48.0 Å². The van der Waals surface area contributed by atoms with Gasteiger partial charge in [-0.05, 0) is 36.1 Å². The number of nitrogens with zero attached hydrogens (tertiary/aromatic N) is 1. The number of carbonyl (C=O) groups is 1. The van der Waals surface area contributed by atoms with Gasteiger partial charge in [0.2, 0.25) is 0 Å². The van der Waals surface area contributed by atoms with E-state index in [0.717, 1.165) is 19.4 Å². The van der Waals surface area contributed by atoms with Crippen molar-refractivity contribution < 1.29 is 9.90 Å². The van der Waals surface area contributed by atoms with Crippen LogP contribution in [-0.4, -0.2) is 41.8 Å². The zero-order chi connectivity index (χ0) is 16.2. The molecule has 2 atom stereocenters. The highest BCUT2D eigenvalue weighted by atomic mass is 16.3. The number of rotatable bonds is 4. The molecule has 2 aromatic carbocycles. The Morgan fingerprint density at radius 3 is 2.83 bits per heavy atom. The van der Waals surface area contributed by atoms with Crippen molar-refractivity contribution >= 4 is 16.8 Å². The van der Waals surface area contributed by atoms with Crippen LogP contribution in [0, 0.1) is 5.92 Å². The largest absolute Gasteiger partial charge is 0.396 e. The normalized spacial score (nSPS) is 19.0. The average molecular weight is 312 g/mol. The Morgan fingerprint density at radius 1 is 1.30 bits per heavy atom. The Hall–Kier alpha value is -2.07. The van der Waals surface area contributed by atoms with Crippen molar-refractivity contribution in [2.24, 2.45) is 5.92 Å². The minimum Gasteiger partial charge on any atom is -0.396 e. The molecule has 1 aliphatic rings. The van der Waals surface area contributed by atoms with Gasteiger partial charge in [0, 0.05) is 31.7 Å². The summed E-state index contributed by atoms with van der Waals surface area (Å²) in [6.45, 7) is 3.59. The molecule has 0 aliphatic carbocycles. The Labute approximate surface area is 137 Å². The first kappa shape index (κ1) is 15.8. The molecule has 0 saturated carbocycles. The zero-order valence-electron chi connectivity index (χ0n) is 13.5. The number of aliphatic hydroxyl groups is 1. The van der Waals surface area contributed by atoms with Crippen LogP contribution in [0.25, 0.3) is 10.8 Å². The quantitative estimate of drug-likeness (QED) is 0.912. The van der Waals surface area contributed by atoms with E-state index in [0.29, 0.717) is 6.54 Å². The molecule has 0 bridgehead atoms. The van der Waals surface area contributed by atoms with Crippen molar-refractivity contribution in [3.8, 4) is 0 Å². The number of nitrogens with one attached hydrogen (secondary N) is 1. The number of likely N-dealkylation sites (tertiary alicyclic amines) is 1. The first-order valence-corrected chi connectivity index (χ1v) is 8.29. The maximum Gasteiger partial charge on any atom is 0.317 e. The van der Waals surface area contributed by atoms with E-state index >= 15 is 0 Å². The molecule has 4 heteroatoms. The summed E-state index contributed by atoms with van der Waals surface area (Å²) >= 11 is 0. The van der Waals surface area contributed by atoms with Crippen LogP contribution >= 0.6 is 0 Å². The molecule has 1 aliphatic heterocycles. The standard InChI is InChI=1S/C19H24N2O2/c1-14(20-19(23)21-9-8-16(12-21)13-22)10-15-6-7-17-4-2-3-5-18(17)11-15/h2-7,11,14,16,22H,8-10,12-13H2,1H3,(H,20,23). The van der Waals surface area contributed by atoms with Crippen LogP contribution in [0.4, 0.5) is 4.79 Å². The van der Waals surface area contributed by atoms with Crippen LogP contribution in [0.15, 0.2) is 42.5 Å². The van der Waals surface area contributed by atoms with Crippen molar-refractivity contribution in [2.75, 3.05) is 19.7 Å². The average Bonchev–Trinajstić information content (AvgIpc) is 3.04. The van der Waals surface area contributed by atoms with E-state index in [1.807, 2.05) is 19.1 Å². The molecule has 2 aromatic rings. The topological polar surface area (TPSA) is 52.6 Å². The molecular weight excluding hydrogens is 288 g/mol. The molecule has 2 amide bonds. The van der Waals surface area contributed by atoms with Crippen LogP contribution < -0.4 is 5.32 Å². The summed E-state index contributed by atoms with van der Waals surface area (Å²) < 4.78 is 0. The minimum atomic E-state index is -0.0192. The number of fused-ring (bicyclic) bond motifs is 1. The minimum absolute atomic E-state index is 0.0192. The molecule has 0 radical (unpaired) electrons. The van der Waals surface area contributed by atoms with Crippen molar-refractivity contribution in [3.63, 3.8) is 0 Å². The van der Waals surface area contributed by atoms with E-state index in [-0.39, 0.29) is 24.6 Å². The second-order valence-electron chi connectivity index (χ2n) is 6.52. The first-order chi connectivity index (χ1) is 11.2. The van der Waals surface area contributed by atoms with Gasteiger partial charge >= 0.3 is 6.03 Å². The van der Waals surface area contributed by atoms with Crippen LogP contribution in [0.2, 0.25) is 0 Å². The molecule has 23 heavy (non-hydrogen) atoms. The lowest BCUT2D eigenvalue weighted by Gasteiger charge is -2.21. The lowest BCUT2D eigenvalue weighted by molar-refractivity contribution is 0.195. The number of amides is 2. The van der Waals surface area contributed by atoms with Crippen LogP contribution in [-0.2, 0) is 6.42 Å². The highest BCUT2D eigenvalue weighted by molar-refractivity contribution is 5.83. The second kappa shape index (κ2) is 7.01. The summed E-state index contributed by atoms with van der Waals surface area (Å²) in [4.78, 5) is 14.1. The van der Waals surface area contributed by atoms with Gasteiger partial charge in [-0.15, -0.1) is 0 Å². The van der Waals surface area contributed by atoms with Gasteiger partial charge in [0.15, 0.2) is 0 Å². The maximum atomic E-state index is 12.3. The Morgan fingerprint density at radius 2 is 2.09 bits per heavy atom. The van der Waals surface area contributed by atoms with E-state index in [1.54, 1.807) is 4.90 Å². The maximum absolute atomic E-state index is 12.3. The number of hydrogen-bond acceptors (Lipinski definition) is 2. The summed E-state index contributed by atoms with van der Waals surface area (Å²) in [5, 5.41) is 14.7. The lowest BCUT2D eigenvalue weighted by atomic mass is 10.0. The summed E-state index contributed by atoms with van der Waals surface area (Å²) in [6.07, 6.45) is 1.71. The monoisotopic (exact) mass is 312 g/mol. The highest BCUT2D eigenvalue weighted by Gasteiger charge is 2.26. The van der Waals surface area contributed by atoms with Crippen molar-refractivity contribution in [1.29, 1.82) is 0 Å². The number of benzene rings is 2. The van der Waals surface area contributed by atoms with Crippen LogP contribution in [0.5, 0.6) is 0 Å². The molecule has 2 unspecified atom stereocenters. The summed E-state index contributed by atoms with van der Waals surface area (Å²) in [5.74, 6) is 0.233. The zero-order valence-corrected chi connectivity index (χ0v) is 13.5. The molecule has 4 nitrogen and oxygen atoms in total. The fourth-order valence-corrected chi connectivity index (χ4v) is 3.24. The molecular formula is C19H24N2O2. The van der Waals surface area contributed by atoms with E-state index in [4.69, 9.17) is 0 Å². The lowest BCUT2D eigenvalue weighted by Crippen LogP contribution is -2.43. The van der Waals surface area contributed by atoms with Gasteiger partial charge in [0.05, 0.1) is 0 Å². The molecule has 0 aromatic heterocycles. The Balaban J connectivity index is 1.57. The third-order valence-electron chi connectivity index (χ3n) is 4.56. The Bertz CT molecular complexity index is 686. The van der Waals surface area contributed by atoms with Gasteiger partial charge in [-0.3, -0.25) is 0 Å². The third kappa shape index (κ3) is 3.82. The van der Waals surface area contributed by atoms with Crippen LogP contribution in [0.3, 0.4) is 0 Å². The molecule has 0 spiro atoms. The number of urea groups is 1. The predicted octanol–water partition coefficient (Wildman–Crippen LogP) is 2.79. The number of aliphatic hydroxyl groups excluding tert-OH is 1. The van der Waals surface area contributed by atoms with Gasteiger partial charge in [-0.25, -0.2) is 4.79 Å². The summed E-state index contributed by atoms with van der Waals surface area (Å²) in [5.41, 5.74) is 1.23. The molecule has 3 rings (SSSR count). The summed E-state index contributed by atoms with van der Waals surface area (Å²) in [7, 11) is 0. The summed E-state index contributed by atoms with van der Waals surface area (Å²) in [6, 6.07) is 14.8. The SMILES string of the molecule is CC(Cc1ccc2ccccc2c1)NC(=O)N1CCC(CO)C1. The molecule has 122 valence electrons. The van der Waals surface area contributed by atoms with Gasteiger partial charge in [-0.2, -0.15) is 0 Å². The molecule has 1 heterocycles. The molecule has 1 fully saturated rings. The van der Waals surface area contributed by atoms with Gasteiger partial charge in [0.25, 0.3) is 0 Å². The van der Waals surface area contributed by atoms with Gasteiger partial charge in [-0.1, -0.05) is 42.5 Å². The molecule has 1 saturated heterocycles. The number of hydrogen-bond donors (Lipinski definition) is 2. The second-order valence-corrected chi connectivity index (χ2v) is 6.52. The van der Waals surface area contributed by atoms with E-state index in [9.17, 15) is 9.90 Å². The fraction of sp³-hybridized carbons (Fsp3) is 0.421. The van der Waals surface area contributed by atoms with Gasteiger partial charge < -0.3 is 15.3 Å². The van der Waals surface area contributed by atoms with Crippen LogP contribution in [0.1, 0.15) is 18.9 Å². The number of carbonyl (C=O) groups excluding carboxylic acids is 1. The smallest absolute Gasteiger partial charge is 0.317 e. The van der Waals surface area contributed by atoms with E-state index in [2.05, 4.69) is 35.6 Å². The van der Waals surface area contributed by atoms with Gasteiger partial charge in [0.1, 0.15) is 0 Å². The molecule has 2 N–H and O–H groups in total. The fourth-order valence-electron chi connectivity index (χ4n) is 3.24. The van der Waals surface area contributed by atoms with E-state index < -0.39 is 0 Å². The van der Waals surface area contributed by atoms with Crippen molar-refractivity contribution in [2.45, 2.75) is 25.8 Å². The van der Waals surface area contributed by atoms with E-state index in [1.165, 1.54) is 16.3 Å². The van der Waals surface area contributed by atoms with Crippen molar-refractivity contribution in [1.82, 2.24) is 10.2 Å². The Kier molecular flexibility index (Phi) is 4.82. The third-order valence-corrected chi connectivity index (χ3v) is 4.56. The predicted molar refractivity (Wildman–Crippen MR) is 92.4 cm³/mol. The first-order valence-electron chi connectivity index (χ1n) is 8.29. The highest BCUT2D eigenvalue weighted by Crippen LogP contribution is 2.18.